The van der Waals surface area contributed by atoms with Crippen molar-refractivity contribution in [2.45, 2.75) is 33.1 Å². The molecular weight excluding hydrogens is 296 g/mol. The SMILES string of the molecule is CCCNCCCCS(=O)(=O)Nc1ccc(C)c(Cl)c1. The van der Waals surface area contributed by atoms with Crippen LogP contribution in [0.4, 0.5) is 5.69 Å². The zero-order chi connectivity index (χ0) is 15.0. The Balaban J connectivity index is 2.39. The van der Waals surface area contributed by atoms with Crippen LogP contribution in [0.25, 0.3) is 0 Å². The summed E-state index contributed by atoms with van der Waals surface area (Å²) in [6.07, 6.45) is 2.59. The highest BCUT2D eigenvalue weighted by Crippen LogP contribution is 2.20. The van der Waals surface area contributed by atoms with Crippen molar-refractivity contribution in [3.8, 4) is 0 Å². The Kier molecular flexibility index (Phi) is 7.34. The molecule has 20 heavy (non-hydrogen) atoms. The smallest absolute Gasteiger partial charge is 0.232 e. The van der Waals surface area contributed by atoms with Crippen LogP contribution in [0, 0.1) is 6.92 Å². The second-order valence-electron chi connectivity index (χ2n) is 4.84. The summed E-state index contributed by atoms with van der Waals surface area (Å²) in [6.45, 7) is 5.82. The van der Waals surface area contributed by atoms with E-state index >= 15 is 0 Å². The van der Waals surface area contributed by atoms with E-state index in [-0.39, 0.29) is 5.75 Å². The minimum Gasteiger partial charge on any atom is -0.317 e. The van der Waals surface area contributed by atoms with E-state index in [1.165, 1.54) is 0 Å². The van der Waals surface area contributed by atoms with Gasteiger partial charge >= 0.3 is 0 Å². The lowest BCUT2D eigenvalue weighted by Gasteiger charge is -2.09. The number of benzene rings is 1. The molecule has 1 aromatic rings. The zero-order valence-electron chi connectivity index (χ0n) is 12.1. The summed E-state index contributed by atoms with van der Waals surface area (Å²) < 4.78 is 26.4. The van der Waals surface area contributed by atoms with Crippen molar-refractivity contribution < 1.29 is 8.42 Å². The molecule has 0 radical (unpaired) electrons. The van der Waals surface area contributed by atoms with Crippen LogP contribution in [0.2, 0.25) is 5.02 Å². The first-order chi connectivity index (χ1) is 9.44. The summed E-state index contributed by atoms with van der Waals surface area (Å²) >= 11 is 5.97. The van der Waals surface area contributed by atoms with Crippen molar-refractivity contribution in [1.29, 1.82) is 0 Å². The van der Waals surface area contributed by atoms with E-state index in [4.69, 9.17) is 11.6 Å². The van der Waals surface area contributed by atoms with Crippen molar-refractivity contribution in [3.63, 3.8) is 0 Å². The van der Waals surface area contributed by atoms with Gasteiger partial charge in [-0.3, -0.25) is 4.72 Å². The van der Waals surface area contributed by atoms with Gasteiger partial charge in [-0.1, -0.05) is 24.6 Å². The van der Waals surface area contributed by atoms with Gasteiger partial charge in [0.25, 0.3) is 0 Å². The number of hydrogen-bond acceptors (Lipinski definition) is 3. The monoisotopic (exact) mass is 318 g/mol. The molecule has 1 rings (SSSR count). The normalized spacial score (nSPS) is 11.6. The van der Waals surface area contributed by atoms with Gasteiger partial charge in [0, 0.05) is 10.7 Å². The molecule has 0 aliphatic rings. The molecule has 0 spiro atoms. The molecule has 114 valence electrons. The van der Waals surface area contributed by atoms with Gasteiger partial charge in [-0.05, 0) is 57.0 Å². The highest BCUT2D eigenvalue weighted by atomic mass is 35.5. The molecule has 0 fully saturated rings. The van der Waals surface area contributed by atoms with E-state index < -0.39 is 10.0 Å². The number of sulfonamides is 1. The summed E-state index contributed by atoms with van der Waals surface area (Å²) in [5.41, 5.74) is 1.45. The molecule has 2 N–H and O–H groups in total. The molecular formula is C14H23ClN2O2S. The van der Waals surface area contributed by atoms with Gasteiger partial charge in [0.15, 0.2) is 0 Å². The van der Waals surface area contributed by atoms with Crippen molar-refractivity contribution in [2.75, 3.05) is 23.6 Å². The third kappa shape index (κ3) is 6.59. The lowest BCUT2D eigenvalue weighted by molar-refractivity contribution is 0.590. The predicted octanol–water partition coefficient (Wildman–Crippen LogP) is 3.17. The number of aryl methyl sites for hydroxylation is 1. The lowest BCUT2D eigenvalue weighted by atomic mass is 10.2. The first kappa shape index (κ1) is 17.3. The van der Waals surface area contributed by atoms with Crippen LogP contribution >= 0.6 is 11.6 Å². The largest absolute Gasteiger partial charge is 0.317 e. The second kappa shape index (κ2) is 8.49. The van der Waals surface area contributed by atoms with Crippen molar-refractivity contribution in [2.24, 2.45) is 0 Å². The van der Waals surface area contributed by atoms with Crippen LogP contribution in [-0.4, -0.2) is 27.3 Å². The molecule has 6 heteroatoms. The Labute approximate surface area is 127 Å². The van der Waals surface area contributed by atoms with Gasteiger partial charge in [-0.25, -0.2) is 8.42 Å². The lowest BCUT2D eigenvalue weighted by Crippen LogP contribution is -2.19. The molecule has 4 nitrogen and oxygen atoms in total. The Hall–Kier alpha value is -0.780. The maximum atomic E-state index is 11.9. The summed E-state index contributed by atoms with van der Waals surface area (Å²) in [5.74, 6) is 0.131. The standard InChI is InChI=1S/C14H23ClN2O2S/c1-3-8-16-9-4-5-10-20(18,19)17-13-7-6-12(2)14(15)11-13/h6-7,11,16-17H,3-5,8-10H2,1-2H3. The number of anilines is 1. The summed E-state index contributed by atoms with van der Waals surface area (Å²) in [5, 5.41) is 3.82. The van der Waals surface area contributed by atoms with Gasteiger partial charge in [-0.15, -0.1) is 0 Å². The maximum Gasteiger partial charge on any atom is 0.232 e. The number of unbranched alkanes of at least 4 members (excludes halogenated alkanes) is 1. The highest BCUT2D eigenvalue weighted by Gasteiger charge is 2.10. The Bertz CT molecular complexity index is 518. The van der Waals surface area contributed by atoms with E-state index in [0.717, 1.165) is 31.5 Å². The third-order valence-corrected chi connectivity index (χ3v) is 4.67. The second-order valence-corrected chi connectivity index (χ2v) is 7.09. The van der Waals surface area contributed by atoms with E-state index in [0.29, 0.717) is 17.1 Å². The van der Waals surface area contributed by atoms with Gasteiger partial charge in [0.05, 0.1) is 5.75 Å². The van der Waals surface area contributed by atoms with Crippen molar-refractivity contribution in [3.05, 3.63) is 28.8 Å². The van der Waals surface area contributed by atoms with Gasteiger partial charge in [0.1, 0.15) is 0 Å². The van der Waals surface area contributed by atoms with Gasteiger partial charge in [-0.2, -0.15) is 0 Å². The molecule has 0 aliphatic carbocycles. The Morgan fingerprint density at radius 3 is 2.60 bits per heavy atom. The van der Waals surface area contributed by atoms with Gasteiger partial charge in [0.2, 0.25) is 10.0 Å². The highest BCUT2D eigenvalue weighted by molar-refractivity contribution is 7.92. The molecule has 0 saturated carbocycles. The topological polar surface area (TPSA) is 58.2 Å². The minimum atomic E-state index is -3.29. The van der Waals surface area contributed by atoms with E-state index in [9.17, 15) is 8.42 Å². The molecule has 0 aliphatic heterocycles. The first-order valence-electron chi connectivity index (χ1n) is 6.92. The molecule has 0 heterocycles. The molecule has 0 saturated heterocycles. The van der Waals surface area contributed by atoms with Crippen LogP contribution in [0.15, 0.2) is 18.2 Å². The number of nitrogens with one attached hydrogen (secondary N) is 2. The van der Waals surface area contributed by atoms with Crippen molar-refractivity contribution >= 4 is 27.3 Å². The molecule has 0 atom stereocenters. The predicted molar refractivity (Wildman–Crippen MR) is 86.0 cm³/mol. The number of rotatable bonds is 9. The van der Waals surface area contributed by atoms with Crippen LogP contribution in [-0.2, 0) is 10.0 Å². The maximum absolute atomic E-state index is 11.9. The van der Waals surface area contributed by atoms with Crippen molar-refractivity contribution in [1.82, 2.24) is 5.32 Å². The third-order valence-electron chi connectivity index (χ3n) is 2.89. The quantitative estimate of drug-likeness (QED) is 0.688. The van der Waals surface area contributed by atoms with Crippen LogP contribution in [0.3, 0.4) is 0 Å². The first-order valence-corrected chi connectivity index (χ1v) is 8.95. The number of hydrogen-bond donors (Lipinski definition) is 2. The van der Waals surface area contributed by atoms with Crippen LogP contribution < -0.4 is 10.0 Å². The fraction of sp³-hybridized carbons (Fsp3) is 0.571. The van der Waals surface area contributed by atoms with Crippen LogP contribution in [0.1, 0.15) is 31.7 Å². The Morgan fingerprint density at radius 1 is 1.20 bits per heavy atom. The van der Waals surface area contributed by atoms with E-state index in [1.807, 2.05) is 6.92 Å². The molecule has 0 amide bonds. The van der Waals surface area contributed by atoms with Gasteiger partial charge < -0.3 is 5.32 Å². The summed E-state index contributed by atoms with van der Waals surface area (Å²) in [6, 6.07) is 5.16. The fourth-order valence-corrected chi connectivity index (χ4v) is 3.08. The molecule has 0 bridgehead atoms. The van der Waals surface area contributed by atoms with E-state index in [1.54, 1.807) is 18.2 Å². The average Bonchev–Trinajstić information content (AvgIpc) is 2.38. The summed E-state index contributed by atoms with van der Waals surface area (Å²) in [4.78, 5) is 0. The fourth-order valence-electron chi connectivity index (χ4n) is 1.73. The number of halogens is 1. The zero-order valence-corrected chi connectivity index (χ0v) is 13.6. The molecule has 0 unspecified atom stereocenters. The average molecular weight is 319 g/mol. The summed E-state index contributed by atoms with van der Waals surface area (Å²) in [7, 11) is -3.29. The molecule has 0 aromatic heterocycles. The Morgan fingerprint density at radius 2 is 1.95 bits per heavy atom. The minimum absolute atomic E-state index is 0.131. The van der Waals surface area contributed by atoms with E-state index in [2.05, 4.69) is 17.0 Å². The van der Waals surface area contributed by atoms with Crippen LogP contribution in [0.5, 0.6) is 0 Å². The molecule has 1 aromatic carbocycles.